The molecule has 0 saturated heterocycles. The molecule has 2 atom stereocenters. The number of benzene rings is 2. The van der Waals surface area contributed by atoms with Crippen LogP contribution in [0.2, 0.25) is 0 Å². The second-order valence-corrected chi connectivity index (χ2v) is 13.6. The zero-order valence-electron chi connectivity index (χ0n) is 30.1. The molecular weight excluding hydrogens is 709 g/mol. The first-order valence-electron chi connectivity index (χ1n) is 16.1. The molecule has 2 N–H and O–H groups in total. The summed E-state index contributed by atoms with van der Waals surface area (Å²) in [6.45, 7) is 10.3. The number of aliphatic carboxylic acids is 1. The SMILES string of the molecule is C[n+]1c(-c2ccc(OC[C@H](ON3C(=O)c4ccccc4C3=O)C(=O)OC(C)(C)C)cc2)ccn1CC(O)CNC(=O)OC(C)(C)C.O=C([O-])C(F)(F)F. The number of aromatic nitrogens is 2. The van der Waals surface area contributed by atoms with Gasteiger partial charge in [0.15, 0.2) is 7.05 Å². The highest BCUT2D eigenvalue weighted by Gasteiger charge is 2.40. The summed E-state index contributed by atoms with van der Waals surface area (Å²) in [5.41, 5.74) is 0.577. The van der Waals surface area contributed by atoms with Crippen LogP contribution in [0.3, 0.4) is 0 Å². The normalized spacial score (nSPS) is 14.1. The third kappa shape index (κ3) is 12.3. The summed E-state index contributed by atoms with van der Waals surface area (Å²) in [6.07, 6.45) is -6.24. The number of rotatable bonds is 11. The van der Waals surface area contributed by atoms with Crippen LogP contribution in [-0.2, 0) is 37.5 Å². The molecule has 288 valence electrons. The van der Waals surface area contributed by atoms with Gasteiger partial charge in [0.1, 0.15) is 36.1 Å². The second kappa shape index (κ2) is 16.9. The highest BCUT2D eigenvalue weighted by molar-refractivity contribution is 6.20. The number of fused-ring (bicyclic) bond motifs is 1. The molecule has 53 heavy (non-hydrogen) atoms. The van der Waals surface area contributed by atoms with E-state index in [1.807, 2.05) is 40.8 Å². The number of carbonyl (C=O) groups excluding carboxylic acids is 5. The molecule has 1 aliphatic rings. The highest BCUT2D eigenvalue weighted by atomic mass is 19.4. The van der Waals surface area contributed by atoms with Crippen molar-refractivity contribution in [3.8, 4) is 17.0 Å². The number of esters is 1. The van der Waals surface area contributed by atoms with Crippen molar-refractivity contribution in [2.75, 3.05) is 13.2 Å². The van der Waals surface area contributed by atoms with E-state index in [-0.39, 0.29) is 30.8 Å². The average Bonchev–Trinajstić information content (AvgIpc) is 3.51. The Hall–Kier alpha value is -5.49. The summed E-state index contributed by atoms with van der Waals surface area (Å²) in [7, 11) is 1.84. The summed E-state index contributed by atoms with van der Waals surface area (Å²) in [5, 5.41) is 22.4. The Labute approximate surface area is 302 Å². The number of carboxylic acid groups (broad SMARTS) is 1. The number of imide groups is 1. The molecule has 15 nitrogen and oxygen atoms in total. The molecular formula is C35H41F3N4O11. The van der Waals surface area contributed by atoms with Crippen molar-refractivity contribution in [2.24, 2.45) is 7.05 Å². The maximum atomic E-state index is 13.0. The van der Waals surface area contributed by atoms with E-state index in [1.54, 1.807) is 65.8 Å². The van der Waals surface area contributed by atoms with Gasteiger partial charge in [-0.2, -0.15) is 17.9 Å². The third-order valence-corrected chi connectivity index (χ3v) is 6.86. The molecule has 0 aliphatic carbocycles. The minimum absolute atomic E-state index is 0.0233. The Morgan fingerprint density at radius 1 is 0.887 bits per heavy atom. The molecule has 0 fully saturated rings. The molecule has 1 unspecified atom stereocenters. The van der Waals surface area contributed by atoms with Crippen molar-refractivity contribution in [2.45, 2.75) is 77.7 Å². The lowest BCUT2D eigenvalue weighted by atomic mass is 10.1. The lowest BCUT2D eigenvalue weighted by Gasteiger charge is -2.26. The number of amides is 3. The van der Waals surface area contributed by atoms with Crippen molar-refractivity contribution in [3.05, 3.63) is 71.9 Å². The maximum absolute atomic E-state index is 13.0. The molecule has 18 heteroatoms. The number of alkyl carbamates (subject to hydrolysis) is 1. The van der Waals surface area contributed by atoms with E-state index in [1.165, 1.54) is 12.1 Å². The fourth-order valence-corrected chi connectivity index (χ4v) is 4.56. The van der Waals surface area contributed by atoms with Gasteiger partial charge < -0.3 is 34.5 Å². The van der Waals surface area contributed by atoms with E-state index < -0.39 is 59.4 Å². The van der Waals surface area contributed by atoms with E-state index in [0.717, 1.165) is 11.3 Å². The summed E-state index contributed by atoms with van der Waals surface area (Å²) in [5.74, 6) is -4.74. The van der Waals surface area contributed by atoms with Crippen LogP contribution in [0.5, 0.6) is 5.75 Å². The quantitative estimate of drug-likeness (QED) is 0.166. The molecule has 4 rings (SSSR count). The van der Waals surface area contributed by atoms with Crippen molar-refractivity contribution < 1.29 is 71.1 Å². The molecule has 2 heterocycles. The zero-order chi connectivity index (χ0) is 39.9. The van der Waals surface area contributed by atoms with Crippen LogP contribution in [-0.4, -0.2) is 87.4 Å². The summed E-state index contributed by atoms with van der Waals surface area (Å²) < 4.78 is 51.7. The van der Waals surface area contributed by atoms with E-state index in [9.17, 15) is 37.5 Å². The van der Waals surface area contributed by atoms with E-state index in [2.05, 4.69) is 5.32 Å². The van der Waals surface area contributed by atoms with Gasteiger partial charge in [0.25, 0.3) is 11.8 Å². The second-order valence-electron chi connectivity index (χ2n) is 13.6. The first kappa shape index (κ1) is 41.9. The number of nitrogens with zero attached hydrogens (tertiary/aromatic N) is 3. The maximum Gasteiger partial charge on any atom is 0.430 e. The third-order valence-electron chi connectivity index (χ3n) is 6.86. The predicted molar refractivity (Wildman–Crippen MR) is 176 cm³/mol. The fourth-order valence-electron chi connectivity index (χ4n) is 4.56. The number of hydrogen-bond acceptors (Lipinski definition) is 11. The summed E-state index contributed by atoms with van der Waals surface area (Å²) in [4.78, 5) is 65.0. The van der Waals surface area contributed by atoms with Crippen molar-refractivity contribution >= 4 is 29.8 Å². The summed E-state index contributed by atoms with van der Waals surface area (Å²) >= 11 is 0. The van der Waals surface area contributed by atoms with Crippen LogP contribution in [0.25, 0.3) is 11.3 Å². The van der Waals surface area contributed by atoms with Crippen molar-refractivity contribution in [1.82, 2.24) is 15.1 Å². The lowest BCUT2D eigenvalue weighted by molar-refractivity contribution is -0.744. The van der Waals surface area contributed by atoms with Gasteiger partial charge in [-0.3, -0.25) is 9.59 Å². The molecule has 0 bridgehead atoms. The molecule has 1 aliphatic heterocycles. The van der Waals surface area contributed by atoms with Crippen LogP contribution in [0.4, 0.5) is 18.0 Å². The Kier molecular flexibility index (Phi) is 13.4. The van der Waals surface area contributed by atoms with Crippen LogP contribution < -0.4 is 19.8 Å². The van der Waals surface area contributed by atoms with E-state index >= 15 is 0 Å². The number of aliphatic hydroxyl groups is 1. The largest absolute Gasteiger partial charge is 0.542 e. The number of hydrogen-bond donors (Lipinski definition) is 2. The van der Waals surface area contributed by atoms with Crippen LogP contribution in [0.15, 0.2) is 60.8 Å². The Morgan fingerprint density at radius 2 is 1.42 bits per heavy atom. The van der Waals surface area contributed by atoms with Crippen molar-refractivity contribution in [1.29, 1.82) is 0 Å². The Bertz CT molecular complexity index is 1760. The number of nitrogens with one attached hydrogen (secondary N) is 1. The minimum atomic E-state index is -5.19. The number of carboxylic acids is 1. The average molecular weight is 751 g/mol. The number of hydroxylamine groups is 2. The molecule has 3 amide bonds. The molecule has 0 spiro atoms. The molecule has 1 aromatic heterocycles. The van der Waals surface area contributed by atoms with Gasteiger partial charge in [0.05, 0.1) is 23.4 Å². The molecule has 0 saturated carbocycles. The van der Waals surface area contributed by atoms with E-state index in [4.69, 9.17) is 28.9 Å². The van der Waals surface area contributed by atoms with Gasteiger partial charge in [0.2, 0.25) is 11.8 Å². The van der Waals surface area contributed by atoms with E-state index in [0.29, 0.717) is 10.8 Å². The Balaban J connectivity index is 0.000000980. The van der Waals surface area contributed by atoms with Gasteiger partial charge in [0, 0.05) is 18.2 Å². The first-order chi connectivity index (χ1) is 24.5. The Morgan fingerprint density at radius 3 is 1.91 bits per heavy atom. The van der Waals surface area contributed by atoms with Crippen LogP contribution >= 0.6 is 0 Å². The molecule has 0 radical (unpaired) electrons. The van der Waals surface area contributed by atoms with Gasteiger partial charge >= 0.3 is 18.2 Å². The number of aliphatic hydroxyl groups excluding tert-OH is 1. The molecule has 3 aromatic rings. The van der Waals surface area contributed by atoms with Gasteiger partial charge in [-0.05, 0) is 77.9 Å². The fraction of sp³-hybridized carbons (Fsp3) is 0.429. The molecule has 2 aromatic carbocycles. The number of alkyl halides is 3. The van der Waals surface area contributed by atoms with Gasteiger partial charge in [-0.1, -0.05) is 12.1 Å². The zero-order valence-corrected chi connectivity index (χ0v) is 30.1. The monoisotopic (exact) mass is 750 g/mol. The van der Waals surface area contributed by atoms with Gasteiger partial charge in [-0.25, -0.2) is 14.4 Å². The van der Waals surface area contributed by atoms with Crippen molar-refractivity contribution in [3.63, 3.8) is 0 Å². The summed E-state index contributed by atoms with van der Waals surface area (Å²) in [6, 6.07) is 15.2. The first-order valence-corrected chi connectivity index (χ1v) is 16.1. The van der Waals surface area contributed by atoms with Crippen LogP contribution in [0.1, 0.15) is 62.3 Å². The topological polar surface area (TPSA) is 190 Å². The standard InChI is InChI=1S/C33H40N4O9.C2HF3O2/c1-32(2,3)44-30(41)27(46-37-28(39)24-10-8-9-11-25(24)29(37)40)20-43-23-14-12-21(13-15-23)26-16-17-36(35(26)7)19-22(38)18-34-31(42)45-33(4,5)6;3-2(4,5)1(6)7/h8-17,22,27,38H,18-20H2,1-7H3;(H,6,7)/t22?,27-;/m0./s1. The lowest BCUT2D eigenvalue weighted by Crippen LogP contribution is -2.45. The minimum Gasteiger partial charge on any atom is -0.542 e. The highest BCUT2D eigenvalue weighted by Crippen LogP contribution is 2.25. The van der Waals surface area contributed by atoms with Gasteiger partial charge in [-0.15, -0.1) is 9.75 Å². The predicted octanol–water partition coefficient (Wildman–Crippen LogP) is 2.48. The van der Waals surface area contributed by atoms with Crippen LogP contribution in [0, 0.1) is 0 Å². The number of halogens is 3. The number of ether oxygens (including phenoxy) is 3. The number of carbonyl (C=O) groups is 5. The smallest absolute Gasteiger partial charge is 0.430 e.